The zero-order chi connectivity index (χ0) is 8.10. The second kappa shape index (κ2) is 3.91. The number of hydrogen-bond donors (Lipinski definition) is 0. The van der Waals surface area contributed by atoms with Crippen LogP contribution in [0.15, 0.2) is 30.3 Å². The van der Waals surface area contributed by atoms with Crippen molar-refractivity contribution in [1.82, 2.24) is 0 Å². The van der Waals surface area contributed by atoms with Crippen LogP contribution in [0.1, 0.15) is 12.5 Å². The van der Waals surface area contributed by atoms with E-state index >= 15 is 0 Å². The second-order valence-corrected chi connectivity index (χ2v) is 2.71. The molecule has 1 nitrogen and oxygen atoms in total. The lowest BCUT2D eigenvalue weighted by Crippen LogP contribution is -1.99. The molecule has 0 saturated carbocycles. The maximum absolute atomic E-state index is 10.2. The van der Waals surface area contributed by atoms with Gasteiger partial charge in [-0.1, -0.05) is 37.3 Å². The summed E-state index contributed by atoms with van der Waals surface area (Å²) in [5.41, 5.74) is 1.20. The molecule has 1 radical (unpaired) electrons. The molecule has 1 atom stereocenters. The molecular formula is C10H11O. The third-order valence-electron chi connectivity index (χ3n) is 1.59. The van der Waals surface area contributed by atoms with Crippen molar-refractivity contribution < 1.29 is 4.79 Å². The van der Waals surface area contributed by atoms with E-state index in [2.05, 4.69) is 0 Å². The smallest absolute Gasteiger partial charge is 0.201 e. The van der Waals surface area contributed by atoms with E-state index in [1.165, 1.54) is 5.56 Å². The lowest BCUT2D eigenvalue weighted by atomic mass is 10.0. The Hall–Kier alpha value is -1.11. The molecule has 0 bridgehead atoms. The van der Waals surface area contributed by atoms with Gasteiger partial charge in [-0.25, -0.2) is 0 Å². The Morgan fingerprint density at radius 2 is 2.00 bits per heavy atom. The molecule has 57 valence electrons. The fourth-order valence-electron chi connectivity index (χ4n) is 1.01. The fourth-order valence-corrected chi connectivity index (χ4v) is 1.01. The molecule has 0 aliphatic heterocycles. The van der Waals surface area contributed by atoms with E-state index in [1.54, 1.807) is 0 Å². The van der Waals surface area contributed by atoms with Gasteiger partial charge in [-0.05, 0) is 12.0 Å². The number of benzene rings is 1. The zero-order valence-corrected chi connectivity index (χ0v) is 6.58. The van der Waals surface area contributed by atoms with Crippen molar-refractivity contribution in [2.45, 2.75) is 13.3 Å². The first-order valence-corrected chi connectivity index (χ1v) is 3.74. The molecule has 0 aliphatic rings. The summed E-state index contributed by atoms with van der Waals surface area (Å²) in [6.07, 6.45) is 2.76. The molecule has 11 heavy (non-hydrogen) atoms. The molecule has 0 amide bonds. The monoisotopic (exact) mass is 147 g/mol. The molecule has 0 fully saturated rings. The predicted octanol–water partition coefficient (Wildman–Crippen LogP) is 1.97. The molecule has 0 saturated heterocycles. The van der Waals surface area contributed by atoms with Gasteiger partial charge in [0, 0.05) is 5.92 Å². The first-order chi connectivity index (χ1) is 5.33. The molecule has 0 aliphatic carbocycles. The summed E-state index contributed by atoms with van der Waals surface area (Å²) in [6, 6.07) is 9.97. The van der Waals surface area contributed by atoms with Crippen LogP contribution in [0.5, 0.6) is 0 Å². The molecule has 1 rings (SSSR count). The third kappa shape index (κ3) is 2.54. The fraction of sp³-hybridized carbons (Fsp3) is 0.300. The summed E-state index contributed by atoms with van der Waals surface area (Å²) in [6.45, 7) is 1.88. The van der Waals surface area contributed by atoms with Gasteiger partial charge in [0.25, 0.3) is 0 Å². The largest absolute Gasteiger partial charge is 0.291 e. The highest BCUT2D eigenvalue weighted by Crippen LogP contribution is 2.05. The quantitative estimate of drug-likeness (QED) is 0.638. The van der Waals surface area contributed by atoms with Crippen LogP contribution in [0.3, 0.4) is 0 Å². The summed E-state index contributed by atoms with van der Waals surface area (Å²) in [5.74, 6) is 0.0115. The summed E-state index contributed by atoms with van der Waals surface area (Å²) in [7, 11) is 0. The highest BCUT2D eigenvalue weighted by Gasteiger charge is 2.00. The van der Waals surface area contributed by atoms with Gasteiger partial charge in [0.2, 0.25) is 6.29 Å². The third-order valence-corrected chi connectivity index (χ3v) is 1.59. The van der Waals surface area contributed by atoms with Crippen molar-refractivity contribution in [3.8, 4) is 0 Å². The molecule has 0 N–H and O–H groups in total. The summed E-state index contributed by atoms with van der Waals surface area (Å²) >= 11 is 0. The number of hydrogen-bond acceptors (Lipinski definition) is 1. The van der Waals surface area contributed by atoms with Gasteiger partial charge in [-0.3, -0.25) is 4.79 Å². The summed E-state index contributed by atoms with van der Waals surface area (Å²) in [4.78, 5) is 10.2. The maximum atomic E-state index is 10.2. The van der Waals surface area contributed by atoms with Crippen molar-refractivity contribution in [3.63, 3.8) is 0 Å². The lowest BCUT2D eigenvalue weighted by molar-refractivity contribution is 0.528. The summed E-state index contributed by atoms with van der Waals surface area (Å²) < 4.78 is 0. The summed E-state index contributed by atoms with van der Waals surface area (Å²) in [5, 5.41) is 0. The first-order valence-electron chi connectivity index (χ1n) is 3.74. The van der Waals surface area contributed by atoms with Crippen LogP contribution in [0, 0.1) is 5.92 Å². The van der Waals surface area contributed by atoms with Gasteiger partial charge >= 0.3 is 0 Å². The number of rotatable bonds is 3. The van der Waals surface area contributed by atoms with Gasteiger partial charge in [-0.15, -0.1) is 0 Å². The Balaban J connectivity index is 2.57. The van der Waals surface area contributed by atoms with E-state index in [0.29, 0.717) is 0 Å². The van der Waals surface area contributed by atoms with Crippen LogP contribution in [0.25, 0.3) is 0 Å². The van der Waals surface area contributed by atoms with E-state index in [1.807, 2.05) is 43.5 Å². The molecular weight excluding hydrogens is 136 g/mol. The van der Waals surface area contributed by atoms with Gasteiger partial charge in [-0.2, -0.15) is 0 Å². The topological polar surface area (TPSA) is 17.1 Å². The van der Waals surface area contributed by atoms with Crippen LogP contribution in [-0.2, 0) is 11.2 Å². The standard InChI is InChI=1S/C10H11O/c1-9(8-11)7-10-5-3-2-4-6-10/h2-6,9H,7H2,1H3/t9-/m0/s1. The van der Waals surface area contributed by atoms with E-state index in [0.717, 1.165) is 6.42 Å². The normalized spacial score (nSPS) is 12.5. The minimum atomic E-state index is 0.0115. The Labute approximate surface area is 67.1 Å². The Kier molecular flexibility index (Phi) is 2.84. The lowest BCUT2D eigenvalue weighted by Gasteiger charge is -2.00. The minimum absolute atomic E-state index is 0.0115. The zero-order valence-electron chi connectivity index (χ0n) is 6.58. The SMILES string of the molecule is C[C@H]([C]=O)Cc1ccccc1. The van der Waals surface area contributed by atoms with Gasteiger partial charge in [0.15, 0.2) is 0 Å². The van der Waals surface area contributed by atoms with E-state index in [9.17, 15) is 4.79 Å². The molecule has 1 aromatic rings. The van der Waals surface area contributed by atoms with Crippen LogP contribution < -0.4 is 0 Å². The number of carbonyl (C=O) groups excluding carboxylic acids is 1. The van der Waals surface area contributed by atoms with Crippen molar-refractivity contribution in [3.05, 3.63) is 35.9 Å². The van der Waals surface area contributed by atoms with Gasteiger partial charge < -0.3 is 0 Å². The van der Waals surface area contributed by atoms with Gasteiger partial charge in [0.1, 0.15) is 0 Å². The Bertz CT molecular complexity index is 216. The van der Waals surface area contributed by atoms with Gasteiger partial charge in [0.05, 0.1) is 0 Å². The minimum Gasteiger partial charge on any atom is -0.291 e. The molecule has 1 heteroatoms. The Morgan fingerprint density at radius 3 is 2.55 bits per heavy atom. The molecule has 0 heterocycles. The van der Waals surface area contributed by atoms with Crippen LogP contribution in [0.4, 0.5) is 0 Å². The van der Waals surface area contributed by atoms with Crippen LogP contribution in [0.2, 0.25) is 0 Å². The molecule has 0 spiro atoms. The van der Waals surface area contributed by atoms with Crippen molar-refractivity contribution in [1.29, 1.82) is 0 Å². The predicted molar refractivity (Wildman–Crippen MR) is 45.0 cm³/mol. The second-order valence-electron chi connectivity index (χ2n) is 2.71. The first kappa shape index (κ1) is 7.99. The van der Waals surface area contributed by atoms with E-state index in [-0.39, 0.29) is 5.92 Å². The highest BCUT2D eigenvalue weighted by molar-refractivity contribution is 5.54. The van der Waals surface area contributed by atoms with Crippen LogP contribution >= 0.6 is 0 Å². The Morgan fingerprint density at radius 1 is 1.36 bits per heavy atom. The molecule has 0 unspecified atom stereocenters. The van der Waals surface area contributed by atoms with E-state index in [4.69, 9.17) is 0 Å². The van der Waals surface area contributed by atoms with Crippen molar-refractivity contribution >= 4 is 6.29 Å². The van der Waals surface area contributed by atoms with Crippen molar-refractivity contribution in [2.24, 2.45) is 5.92 Å². The average Bonchev–Trinajstić information content (AvgIpc) is 2.06. The molecule has 1 aromatic carbocycles. The van der Waals surface area contributed by atoms with E-state index < -0.39 is 0 Å². The maximum Gasteiger partial charge on any atom is 0.201 e. The van der Waals surface area contributed by atoms with Crippen LogP contribution in [-0.4, -0.2) is 6.29 Å². The highest BCUT2D eigenvalue weighted by atomic mass is 16.1. The average molecular weight is 147 g/mol. The molecule has 0 aromatic heterocycles. The van der Waals surface area contributed by atoms with Crippen molar-refractivity contribution in [2.75, 3.05) is 0 Å².